The molecule has 0 saturated heterocycles. The van der Waals surface area contributed by atoms with Crippen molar-refractivity contribution in [2.24, 2.45) is 0 Å². The van der Waals surface area contributed by atoms with E-state index in [-0.39, 0.29) is 12.2 Å². The first-order chi connectivity index (χ1) is 15.9. The average molecular weight is 483 g/mol. The highest BCUT2D eigenvalue weighted by Crippen LogP contribution is 2.26. The highest BCUT2D eigenvalue weighted by molar-refractivity contribution is 7.15. The van der Waals surface area contributed by atoms with Crippen LogP contribution in [0.4, 0.5) is 5.13 Å². The van der Waals surface area contributed by atoms with Gasteiger partial charge in [-0.25, -0.2) is 0 Å². The van der Waals surface area contributed by atoms with Crippen molar-refractivity contribution in [3.63, 3.8) is 0 Å². The highest BCUT2D eigenvalue weighted by Gasteiger charge is 2.14. The molecule has 0 bridgehead atoms. The lowest BCUT2D eigenvalue weighted by Crippen LogP contribution is -2.13. The maximum atomic E-state index is 12.6. The first-order valence-electron chi connectivity index (χ1n) is 10.3. The van der Waals surface area contributed by atoms with Gasteiger partial charge in [-0.1, -0.05) is 35.9 Å². The summed E-state index contributed by atoms with van der Waals surface area (Å²) < 4.78 is 11.6. The second-order valence-electron chi connectivity index (χ2n) is 7.10. The van der Waals surface area contributed by atoms with Crippen molar-refractivity contribution >= 4 is 40.1 Å². The number of carbonyl (C=O) groups excluding carboxylic acids is 1. The molecular weight excluding hydrogens is 460 g/mol. The topological polar surface area (TPSA) is 97.1 Å². The quantitative estimate of drug-likeness (QED) is 0.250. The number of nitrogens with zero attached hydrogens (tertiary/aromatic N) is 3. The van der Waals surface area contributed by atoms with Crippen LogP contribution in [-0.4, -0.2) is 29.3 Å². The minimum Gasteiger partial charge on any atom is -0.490 e. The number of hydrogen-bond donors (Lipinski definition) is 1. The molecule has 1 amide bonds. The summed E-state index contributed by atoms with van der Waals surface area (Å²) in [5, 5.41) is 21.6. The van der Waals surface area contributed by atoms with Crippen molar-refractivity contribution in [3.05, 3.63) is 68.7 Å². The van der Waals surface area contributed by atoms with Crippen molar-refractivity contribution in [1.82, 2.24) is 10.2 Å². The number of carbonyl (C=O) groups is 1. The van der Waals surface area contributed by atoms with Crippen LogP contribution >= 0.6 is 22.9 Å². The number of nitriles is 1. The Bertz CT molecular complexity index is 1220. The zero-order valence-electron chi connectivity index (χ0n) is 18.5. The van der Waals surface area contributed by atoms with Crippen LogP contribution in [-0.2, 0) is 11.2 Å². The third kappa shape index (κ3) is 6.78. The summed E-state index contributed by atoms with van der Waals surface area (Å²) in [4.78, 5) is 12.6. The van der Waals surface area contributed by atoms with Crippen molar-refractivity contribution in [1.29, 1.82) is 5.26 Å². The molecule has 170 valence electrons. The van der Waals surface area contributed by atoms with E-state index in [0.29, 0.717) is 34.5 Å². The number of amides is 1. The van der Waals surface area contributed by atoms with Gasteiger partial charge in [-0.3, -0.25) is 10.1 Å². The van der Waals surface area contributed by atoms with Crippen LogP contribution < -0.4 is 14.8 Å². The SMILES string of the molecule is CCc1nnc(NC(=O)/C(C#N)=C\c2cc(Cl)ccc2OCCOc2ccc(C)c(C)c2)s1. The summed E-state index contributed by atoms with van der Waals surface area (Å²) in [7, 11) is 0. The molecule has 7 nitrogen and oxygen atoms in total. The molecule has 0 aliphatic heterocycles. The van der Waals surface area contributed by atoms with Gasteiger partial charge in [-0.05, 0) is 67.8 Å². The van der Waals surface area contributed by atoms with Gasteiger partial charge < -0.3 is 9.47 Å². The normalized spacial score (nSPS) is 11.1. The third-order valence-corrected chi connectivity index (χ3v) is 5.93. The lowest BCUT2D eigenvalue weighted by molar-refractivity contribution is -0.112. The maximum absolute atomic E-state index is 12.6. The molecule has 0 radical (unpaired) electrons. The van der Waals surface area contributed by atoms with Gasteiger partial charge in [-0.2, -0.15) is 5.26 Å². The number of aryl methyl sites for hydroxylation is 3. The Morgan fingerprint density at radius 1 is 1.15 bits per heavy atom. The minimum absolute atomic E-state index is 0.109. The van der Waals surface area contributed by atoms with E-state index < -0.39 is 5.91 Å². The highest BCUT2D eigenvalue weighted by atomic mass is 35.5. The second-order valence-corrected chi connectivity index (χ2v) is 8.60. The molecule has 0 atom stereocenters. The molecule has 0 fully saturated rings. The molecule has 3 rings (SSSR count). The van der Waals surface area contributed by atoms with Crippen LogP contribution in [0.25, 0.3) is 6.08 Å². The number of aromatic nitrogens is 2. The number of nitrogens with one attached hydrogen (secondary N) is 1. The molecule has 1 heterocycles. The van der Waals surface area contributed by atoms with Crippen molar-refractivity contribution in [3.8, 4) is 17.6 Å². The molecule has 0 saturated carbocycles. The molecule has 33 heavy (non-hydrogen) atoms. The van der Waals surface area contributed by atoms with Gasteiger partial charge in [-0.15, -0.1) is 10.2 Å². The lowest BCUT2D eigenvalue weighted by atomic mass is 10.1. The third-order valence-electron chi connectivity index (χ3n) is 4.71. The van der Waals surface area contributed by atoms with Crippen LogP contribution in [0.5, 0.6) is 11.5 Å². The number of hydrogen-bond acceptors (Lipinski definition) is 7. The van der Waals surface area contributed by atoms with E-state index in [1.807, 2.05) is 45.0 Å². The molecule has 0 unspecified atom stereocenters. The molecule has 3 aromatic rings. The number of anilines is 1. The molecule has 9 heteroatoms. The zero-order chi connectivity index (χ0) is 23.8. The number of benzene rings is 2. The fourth-order valence-corrected chi connectivity index (χ4v) is 3.65. The van der Waals surface area contributed by atoms with Crippen molar-refractivity contribution in [2.45, 2.75) is 27.2 Å². The van der Waals surface area contributed by atoms with Crippen LogP contribution in [0.15, 0.2) is 42.0 Å². The lowest BCUT2D eigenvalue weighted by Gasteiger charge is -2.12. The van der Waals surface area contributed by atoms with Crippen LogP contribution in [0.2, 0.25) is 5.02 Å². The molecule has 2 aromatic carbocycles. The molecule has 0 aliphatic carbocycles. The Hall–Kier alpha value is -3.41. The Morgan fingerprint density at radius 3 is 2.64 bits per heavy atom. The Labute approximate surface area is 201 Å². The summed E-state index contributed by atoms with van der Waals surface area (Å²) in [5.74, 6) is 0.664. The summed E-state index contributed by atoms with van der Waals surface area (Å²) in [6, 6.07) is 12.8. The molecule has 1 aromatic heterocycles. The van der Waals surface area contributed by atoms with E-state index in [2.05, 4.69) is 15.5 Å². The molecule has 0 aliphatic rings. The van der Waals surface area contributed by atoms with Gasteiger partial charge in [0.1, 0.15) is 41.4 Å². The van der Waals surface area contributed by atoms with Crippen molar-refractivity contribution in [2.75, 3.05) is 18.5 Å². The summed E-state index contributed by atoms with van der Waals surface area (Å²) in [6.45, 7) is 6.62. The predicted molar refractivity (Wildman–Crippen MR) is 130 cm³/mol. The fraction of sp³-hybridized carbons (Fsp3) is 0.250. The van der Waals surface area contributed by atoms with Gasteiger partial charge in [0.15, 0.2) is 0 Å². The monoisotopic (exact) mass is 482 g/mol. The van der Waals surface area contributed by atoms with Gasteiger partial charge in [0, 0.05) is 10.6 Å². The summed E-state index contributed by atoms with van der Waals surface area (Å²) >= 11 is 7.39. The van der Waals surface area contributed by atoms with E-state index >= 15 is 0 Å². The number of halogens is 1. The maximum Gasteiger partial charge on any atom is 0.268 e. The largest absolute Gasteiger partial charge is 0.490 e. The van der Waals surface area contributed by atoms with E-state index in [1.54, 1.807) is 18.2 Å². The average Bonchev–Trinajstić information content (AvgIpc) is 3.25. The Balaban J connectivity index is 1.68. The van der Waals surface area contributed by atoms with Crippen LogP contribution in [0.3, 0.4) is 0 Å². The van der Waals surface area contributed by atoms with Gasteiger partial charge in [0.25, 0.3) is 5.91 Å². The number of ether oxygens (including phenoxy) is 2. The van der Waals surface area contributed by atoms with Crippen LogP contribution in [0, 0.1) is 25.2 Å². The van der Waals surface area contributed by atoms with Gasteiger partial charge >= 0.3 is 0 Å². The minimum atomic E-state index is -0.583. The fourth-order valence-electron chi connectivity index (χ4n) is 2.79. The zero-order valence-corrected chi connectivity index (χ0v) is 20.1. The van der Waals surface area contributed by atoms with E-state index in [9.17, 15) is 10.1 Å². The van der Waals surface area contributed by atoms with E-state index in [1.165, 1.54) is 23.0 Å². The van der Waals surface area contributed by atoms with Crippen LogP contribution in [0.1, 0.15) is 28.6 Å². The summed E-state index contributed by atoms with van der Waals surface area (Å²) in [6.07, 6.45) is 2.15. The predicted octanol–water partition coefficient (Wildman–Crippen LogP) is 5.37. The number of rotatable bonds is 9. The molecule has 1 N–H and O–H groups in total. The smallest absolute Gasteiger partial charge is 0.268 e. The Morgan fingerprint density at radius 2 is 1.94 bits per heavy atom. The van der Waals surface area contributed by atoms with Crippen molar-refractivity contribution < 1.29 is 14.3 Å². The van der Waals surface area contributed by atoms with E-state index in [4.69, 9.17) is 21.1 Å². The van der Waals surface area contributed by atoms with E-state index in [0.717, 1.165) is 16.3 Å². The second kappa shape index (κ2) is 11.5. The summed E-state index contributed by atoms with van der Waals surface area (Å²) in [5.41, 5.74) is 2.75. The standard InChI is InChI=1S/C24H23ClN4O3S/c1-4-22-28-29-24(33-22)27-23(30)18(14-26)12-17-13-19(25)6-8-21(17)32-10-9-31-20-7-5-15(2)16(3)11-20/h5-8,11-13H,4,9-10H2,1-3H3,(H,27,29,30)/b18-12-. The Kier molecular flexibility index (Phi) is 8.41. The van der Waals surface area contributed by atoms with Gasteiger partial charge in [0.05, 0.1) is 0 Å². The first kappa shape index (κ1) is 24.2. The molecule has 0 spiro atoms. The molecular formula is C24H23ClN4O3S. The van der Waals surface area contributed by atoms with Gasteiger partial charge in [0.2, 0.25) is 5.13 Å². The first-order valence-corrected chi connectivity index (χ1v) is 11.5.